The number of anilines is 1. The Bertz CT molecular complexity index is 1310. The molecular weight excluding hydrogens is 406 g/mol. The van der Waals surface area contributed by atoms with Crippen LogP contribution in [0, 0.1) is 5.92 Å². The molecule has 30 heavy (non-hydrogen) atoms. The first-order chi connectivity index (χ1) is 14.5. The second-order valence-electron chi connectivity index (χ2n) is 7.30. The summed E-state index contributed by atoms with van der Waals surface area (Å²) in [6, 6.07) is 13.4. The second kappa shape index (κ2) is 7.18. The number of aromatic nitrogens is 6. The summed E-state index contributed by atoms with van der Waals surface area (Å²) in [5.41, 5.74) is 6.61. The van der Waals surface area contributed by atoms with Gasteiger partial charge in [0.15, 0.2) is 5.65 Å². The van der Waals surface area contributed by atoms with Crippen LogP contribution in [-0.2, 0) is 20.9 Å². The number of hydrogen-bond acceptors (Lipinski definition) is 8. The minimum atomic E-state index is -3.68. The lowest BCUT2D eigenvalue weighted by Crippen LogP contribution is -2.14. The van der Waals surface area contributed by atoms with Crippen molar-refractivity contribution in [2.45, 2.75) is 19.4 Å². The first kappa shape index (κ1) is 18.7. The van der Waals surface area contributed by atoms with E-state index in [2.05, 4.69) is 25.9 Å². The molecule has 11 heteroatoms. The summed E-state index contributed by atoms with van der Waals surface area (Å²) in [5.74, 6) is 0.814. The lowest BCUT2D eigenvalue weighted by atomic mass is 10.1. The number of fused-ring (bicyclic) bond motifs is 1. The van der Waals surface area contributed by atoms with Crippen molar-refractivity contribution in [2.75, 3.05) is 11.7 Å². The minimum absolute atomic E-state index is 0.301. The predicted molar refractivity (Wildman–Crippen MR) is 111 cm³/mol. The highest BCUT2D eigenvalue weighted by Gasteiger charge is 2.26. The van der Waals surface area contributed by atoms with Crippen LogP contribution in [0.5, 0.6) is 0 Å². The zero-order valence-corrected chi connectivity index (χ0v) is 16.9. The summed E-state index contributed by atoms with van der Waals surface area (Å²) in [5, 5.41) is 11.3. The standard InChI is InChI=1S/C19H19N7O3S/c1-30(27,28)29-24-19-21-15-10-9-14(20-18(15)26(19)11-12-7-8-12)17-16(22-25-23-17)13-5-3-2-4-6-13/h2-6,9-10,12H,7-8,11H2,1H3,(H,21,24)(H,22,23,25). The highest BCUT2D eigenvalue weighted by molar-refractivity contribution is 7.86. The molecule has 154 valence electrons. The quantitative estimate of drug-likeness (QED) is 0.433. The maximum Gasteiger partial charge on any atom is 0.285 e. The van der Waals surface area contributed by atoms with E-state index in [1.165, 1.54) is 0 Å². The number of hydrogen-bond donors (Lipinski definition) is 2. The third-order valence-electron chi connectivity index (χ3n) is 4.85. The molecule has 0 saturated heterocycles. The van der Waals surface area contributed by atoms with E-state index >= 15 is 0 Å². The fraction of sp³-hybridized carbons (Fsp3) is 0.263. The molecule has 3 heterocycles. The van der Waals surface area contributed by atoms with Crippen LogP contribution < -0.4 is 5.48 Å². The molecule has 0 unspecified atom stereocenters. The number of pyridine rings is 1. The van der Waals surface area contributed by atoms with Gasteiger partial charge in [0.25, 0.3) is 10.1 Å². The molecule has 1 saturated carbocycles. The van der Waals surface area contributed by atoms with E-state index in [0.29, 0.717) is 46.7 Å². The number of rotatable bonds is 7. The minimum Gasteiger partial charge on any atom is -0.293 e. The normalized spacial score (nSPS) is 14.3. The van der Waals surface area contributed by atoms with Gasteiger partial charge in [-0.1, -0.05) is 30.3 Å². The van der Waals surface area contributed by atoms with Gasteiger partial charge in [-0.25, -0.2) is 15.4 Å². The molecule has 4 aromatic rings. The van der Waals surface area contributed by atoms with Gasteiger partial charge in [0.05, 0.1) is 11.9 Å². The molecule has 1 fully saturated rings. The molecule has 0 amide bonds. The van der Waals surface area contributed by atoms with E-state index in [0.717, 1.165) is 24.7 Å². The van der Waals surface area contributed by atoms with Crippen LogP contribution in [0.25, 0.3) is 33.8 Å². The Morgan fingerprint density at radius 3 is 2.60 bits per heavy atom. The van der Waals surface area contributed by atoms with Crippen molar-refractivity contribution in [3.05, 3.63) is 42.5 Å². The number of nitrogens with one attached hydrogen (secondary N) is 2. The predicted octanol–water partition coefficient (Wildman–Crippen LogP) is 2.60. The average molecular weight is 425 g/mol. The molecular formula is C19H19N7O3S. The van der Waals surface area contributed by atoms with Crippen LogP contribution >= 0.6 is 0 Å². The summed E-state index contributed by atoms with van der Waals surface area (Å²) < 4.78 is 29.4. The molecule has 0 radical (unpaired) electrons. The van der Waals surface area contributed by atoms with Crippen LogP contribution in [0.2, 0.25) is 0 Å². The maximum absolute atomic E-state index is 11.4. The van der Waals surface area contributed by atoms with Crippen LogP contribution in [0.15, 0.2) is 42.5 Å². The Morgan fingerprint density at radius 2 is 1.87 bits per heavy atom. The molecule has 0 aliphatic heterocycles. The van der Waals surface area contributed by atoms with Crippen molar-refractivity contribution in [3.8, 4) is 22.6 Å². The van der Waals surface area contributed by atoms with Gasteiger partial charge in [-0.3, -0.25) is 4.57 Å². The van der Waals surface area contributed by atoms with Crippen molar-refractivity contribution in [1.82, 2.24) is 29.9 Å². The highest BCUT2D eigenvalue weighted by atomic mass is 32.2. The van der Waals surface area contributed by atoms with Crippen LogP contribution in [-0.4, -0.2) is 44.6 Å². The largest absolute Gasteiger partial charge is 0.293 e. The Kier molecular flexibility index (Phi) is 4.48. The van der Waals surface area contributed by atoms with Gasteiger partial charge in [0.2, 0.25) is 5.95 Å². The maximum atomic E-state index is 11.4. The van der Waals surface area contributed by atoms with E-state index in [1.807, 2.05) is 47.0 Å². The van der Waals surface area contributed by atoms with Crippen LogP contribution in [0.1, 0.15) is 12.8 Å². The third-order valence-corrected chi connectivity index (χ3v) is 5.24. The molecule has 0 bridgehead atoms. The summed E-state index contributed by atoms with van der Waals surface area (Å²) >= 11 is 0. The number of aromatic amines is 1. The number of imidazole rings is 1. The molecule has 10 nitrogen and oxygen atoms in total. The number of benzene rings is 1. The van der Waals surface area contributed by atoms with Gasteiger partial charge in [-0.2, -0.15) is 23.8 Å². The summed E-state index contributed by atoms with van der Waals surface area (Å²) in [7, 11) is -3.68. The zero-order chi connectivity index (χ0) is 20.7. The first-order valence-corrected chi connectivity index (χ1v) is 11.3. The van der Waals surface area contributed by atoms with Gasteiger partial charge >= 0.3 is 0 Å². The molecule has 1 aliphatic rings. The van der Waals surface area contributed by atoms with Crippen molar-refractivity contribution in [2.24, 2.45) is 5.92 Å². The molecule has 0 atom stereocenters. The Morgan fingerprint density at radius 1 is 1.10 bits per heavy atom. The van der Waals surface area contributed by atoms with Crippen LogP contribution in [0.4, 0.5) is 5.95 Å². The lowest BCUT2D eigenvalue weighted by Gasteiger charge is -2.09. The van der Waals surface area contributed by atoms with E-state index < -0.39 is 10.1 Å². The molecule has 1 aromatic carbocycles. The summed E-state index contributed by atoms with van der Waals surface area (Å²) in [6.07, 6.45) is 3.21. The Labute approximate surface area is 172 Å². The van der Waals surface area contributed by atoms with Gasteiger partial charge < -0.3 is 0 Å². The van der Waals surface area contributed by atoms with Crippen molar-refractivity contribution < 1.29 is 12.7 Å². The zero-order valence-electron chi connectivity index (χ0n) is 16.1. The molecule has 3 aromatic heterocycles. The monoisotopic (exact) mass is 425 g/mol. The van der Waals surface area contributed by atoms with Crippen molar-refractivity contribution >= 4 is 27.2 Å². The van der Waals surface area contributed by atoms with Crippen LogP contribution in [0.3, 0.4) is 0 Å². The average Bonchev–Trinajstić information content (AvgIpc) is 3.30. The fourth-order valence-electron chi connectivity index (χ4n) is 3.26. The van der Waals surface area contributed by atoms with E-state index in [4.69, 9.17) is 9.27 Å². The fourth-order valence-corrected chi connectivity index (χ4v) is 3.49. The molecule has 2 N–H and O–H groups in total. The molecule has 0 spiro atoms. The van der Waals surface area contributed by atoms with Gasteiger partial charge in [0.1, 0.15) is 16.9 Å². The van der Waals surface area contributed by atoms with Gasteiger partial charge in [0, 0.05) is 12.1 Å². The molecule has 1 aliphatic carbocycles. The Hall–Kier alpha value is -3.31. The molecule has 5 rings (SSSR count). The lowest BCUT2D eigenvalue weighted by molar-refractivity contribution is 0.387. The van der Waals surface area contributed by atoms with Gasteiger partial charge in [-0.05, 0) is 30.9 Å². The van der Waals surface area contributed by atoms with E-state index in [9.17, 15) is 8.42 Å². The Balaban J connectivity index is 1.58. The third kappa shape index (κ3) is 3.76. The SMILES string of the molecule is CS(=O)(=O)ONc1nc2ccc(-c3n[nH]nc3-c3ccccc3)nc2n1CC1CC1. The number of H-pyrrole nitrogens is 1. The summed E-state index contributed by atoms with van der Waals surface area (Å²) in [6.45, 7) is 0.673. The second-order valence-corrected chi connectivity index (χ2v) is 8.88. The highest BCUT2D eigenvalue weighted by Crippen LogP contribution is 2.34. The first-order valence-electron chi connectivity index (χ1n) is 9.46. The van der Waals surface area contributed by atoms with Crippen molar-refractivity contribution in [1.29, 1.82) is 0 Å². The smallest absolute Gasteiger partial charge is 0.285 e. The van der Waals surface area contributed by atoms with Gasteiger partial charge in [-0.15, -0.1) is 4.28 Å². The summed E-state index contributed by atoms with van der Waals surface area (Å²) in [4.78, 5) is 9.24. The van der Waals surface area contributed by atoms with E-state index in [-0.39, 0.29) is 0 Å². The number of nitrogens with zero attached hydrogens (tertiary/aromatic N) is 5. The topological polar surface area (TPSA) is 128 Å². The van der Waals surface area contributed by atoms with E-state index in [1.54, 1.807) is 0 Å². The van der Waals surface area contributed by atoms with Crippen molar-refractivity contribution in [3.63, 3.8) is 0 Å².